The van der Waals surface area contributed by atoms with Crippen molar-refractivity contribution in [2.24, 2.45) is 0 Å². The number of benzene rings is 1. The number of carboxylic acid groups (broad SMARTS) is 1. The van der Waals surface area contributed by atoms with Gasteiger partial charge in [-0.3, -0.25) is 0 Å². The molecule has 1 aromatic carbocycles. The fourth-order valence-electron chi connectivity index (χ4n) is 1.90. The molecule has 7 nitrogen and oxygen atoms in total. The van der Waals surface area contributed by atoms with Crippen LogP contribution >= 0.6 is 0 Å². The molecule has 7 heteroatoms. The highest BCUT2D eigenvalue weighted by molar-refractivity contribution is 5.73. The van der Waals surface area contributed by atoms with Crippen molar-refractivity contribution in [1.29, 1.82) is 0 Å². The number of ether oxygens (including phenoxy) is 2. The maximum absolute atomic E-state index is 11.0. The predicted octanol–water partition coefficient (Wildman–Crippen LogP) is 1.32. The van der Waals surface area contributed by atoms with Crippen LogP contribution in [-0.2, 0) is 4.79 Å². The van der Waals surface area contributed by atoms with Crippen molar-refractivity contribution in [3.05, 3.63) is 24.4 Å². The molecule has 1 atom stereocenters. The number of carbonyl (C=O) groups is 1. The molecular weight excluding hydrogens is 250 g/mol. The number of rotatable bonds is 3. The van der Waals surface area contributed by atoms with Gasteiger partial charge >= 0.3 is 5.97 Å². The van der Waals surface area contributed by atoms with Gasteiger partial charge in [-0.15, -0.1) is 5.10 Å². The van der Waals surface area contributed by atoms with Gasteiger partial charge in [0.1, 0.15) is 6.04 Å². The van der Waals surface area contributed by atoms with Crippen molar-refractivity contribution in [3.8, 4) is 22.8 Å². The second-order valence-corrected chi connectivity index (χ2v) is 4.15. The van der Waals surface area contributed by atoms with Gasteiger partial charge in [0.15, 0.2) is 11.5 Å². The van der Waals surface area contributed by atoms with Gasteiger partial charge < -0.3 is 14.6 Å². The first-order valence-electron chi connectivity index (χ1n) is 5.70. The SMILES string of the molecule is C[C@@H](C(=O)O)n1nncc1-c1ccc2c(c1)OCO2. The minimum atomic E-state index is -0.965. The summed E-state index contributed by atoms with van der Waals surface area (Å²) in [6.45, 7) is 1.75. The molecule has 0 fully saturated rings. The first-order chi connectivity index (χ1) is 9.16. The normalized spacial score (nSPS) is 14.4. The Morgan fingerprint density at radius 1 is 1.42 bits per heavy atom. The van der Waals surface area contributed by atoms with Gasteiger partial charge in [-0.1, -0.05) is 5.21 Å². The first-order valence-corrected chi connectivity index (χ1v) is 5.70. The van der Waals surface area contributed by atoms with Gasteiger partial charge in [0.05, 0.1) is 11.9 Å². The van der Waals surface area contributed by atoms with E-state index in [1.54, 1.807) is 19.1 Å². The van der Waals surface area contributed by atoms with Gasteiger partial charge in [0.2, 0.25) is 6.79 Å². The molecule has 1 N–H and O–H groups in total. The third-order valence-electron chi connectivity index (χ3n) is 2.97. The monoisotopic (exact) mass is 261 g/mol. The Kier molecular flexibility index (Phi) is 2.59. The molecule has 2 heterocycles. The molecule has 0 unspecified atom stereocenters. The summed E-state index contributed by atoms with van der Waals surface area (Å²) in [5.74, 6) is 0.342. The van der Waals surface area contributed by atoms with E-state index in [1.165, 1.54) is 10.9 Å². The lowest BCUT2D eigenvalue weighted by atomic mass is 10.1. The summed E-state index contributed by atoms with van der Waals surface area (Å²) in [5, 5.41) is 16.6. The Labute approximate surface area is 108 Å². The van der Waals surface area contributed by atoms with E-state index in [0.29, 0.717) is 17.2 Å². The Morgan fingerprint density at radius 2 is 2.21 bits per heavy atom. The highest BCUT2D eigenvalue weighted by Gasteiger charge is 2.20. The summed E-state index contributed by atoms with van der Waals surface area (Å²) in [5.41, 5.74) is 1.40. The topological polar surface area (TPSA) is 86.5 Å². The van der Waals surface area contributed by atoms with Crippen LogP contribution in [0.2, 0.25) is 0 Å². The van der Waals surface area contributed by atoms with Crippen molar-refractivity contribution in [2.75, 3.05) is 6.79 Å². The molecule has 19 heavy (non-hydrogen) atoms. The largest absolute Gasteiger partial charge is 0.480 e. The molecule has 0 bridgehead atoms. The van der Waals surface area contributed by atoms with Crippen molar-refractivity contribution < 1.29 is 19.4 Å². The van der Waals surface area contributed by atoms with Crippen molar-refractivity contribution in [1.82, 2.24) is 15.0 Å². The zero-order chi connectivity index (χ0) is 13.4. The van der Waals surface area contributed by atoms with Gasteiger partial charge in [-0.2, -0.15) is 0 Å². The average molecular weight is 261 g/mol. The maximum atomic E-state index is 11.0. The van der Waals surface area contributed by atoms with Crippen LogP contribution in [0.4, 0.5) is 0 Å². The summed E-state index contributed by atoms with van der Waals surface area (Å²) in [6.07, 6.45) is 1.52. The molecule has 2 aromatic rings. The van der Waals surface area contributed by atoms with E-state index in [0.717, 1.165) is 5.56 Å². The first kappa shape index (κ1) is 11.5. The molecule has 0 amide bonds. The van der Waals surface area contributed by atoms with E-state index in [9.17, 15) is 4.79 Å². The maximum Gasteiger partial charge on any atom is 0.328 e. The van der Waals surface area contributed by atoms with Crippen LogP contribution in [0.5, 0.6) is 11.5 Å². The number of hydrogen-bond acceptors (Lipinski definition) is 5. The van der Waals surface area contributed by atoms with Crippen molar-refractivity contribution in [2.45, 2.75) is 13.0 Å². The zero-order valence-electron chi connectivity index (χ0n) is 10.1. The van der Waals surface area contributed by atoms with Crippen LogP contribution in [0.3, 0.4) is 0 Å². The molecule has 98 valence electrons. The number of nitrogens with zero attached hydrogens (tertiary/aromatic N) is 3. The highest BCUT2D eigenvalue weighted by Crippen LogP contribution is 2.36. The van der Waals surface area contributed by atoms with Gasteiger partial charge in [-0.05, 0) is 25.1 Å². The number of carboxylic acids is 1. The van der Waals surface area contributed by atoms with E-state index >= 15 is 0 Å². The van der Waals surface area contributed by atoms with Crippen LogP contribution < -0.4 is 9.47 Å². The number of aromatic nitrogens is 3. The minimum Gasteiger partial charge on any atom is -0.480 e. The summed E-state index contributed by atoms with van der Waals surface area (Å²) in [7, 11) is 0. The second kappa shape index (κ2) is 4.27. The van der Waals surface area contributed by atoms with Crippen molar-refractivity contribution >= 4 is 5.97 Å². The zero-order valence-corrected chi connectivity index (χ0v) is 10.1. The molecule has 0 aliphatic carbocycles. The van der Waals surface area contributed by atoms with E-state index in [1.807, 2.05) is 6.07 Å². The lowest BCUT2D eigenvalue weighted by Gasteiger charge is -2.10. The highest BCUT2D eigenvalue weighted by atomic mass is 16.7. The van der Waals surface area contributed by atoms with Gasteiger partial charge in [0.25, 0.3) is 0 Å². The molecule has 0 radical (unpaired) electrons. The standard InChI is InChI=1S/C12H11N3O4/c1-7(12(16)17)15-9(5-13-14-15)8-2-3-10-11(4-8)19-6-18-10/h2-5,7H,6H2,1H3,(H,16,17)/t7-/m0/s1. The third-order valence-corrected chi connectivity index (χ3v) is 2.97. The Balaban J connectivity index is 2.03. The van der Waals surface area contributed by atoms with Crippen molar-refractivity contribution in [3.63, 3.8) is 0 Å². The summed E-state index contributed by atoms with van der Waals surface area (Å²) < 4.78 is 11.9. The van der Waals surface area contributed by atoms with E-state index in [-0.39, 0.29) is 6.79 Å². The Hall–Kier alpha value is -2.57. The molecule has 0 spiro atoms. The van der Waals surface area contributed by atoms with Crippen LogP contribution in [0.15, 0.2) is 24.4 Å². The number of aliphatic carboxylic acids is 1. The quantitative estimate of drug-likeness (QED) is 0.896. The van der Waals surface area contributed by atoms with Crippen LogP contribution in [-0.4, -0.2) is 32.9 Å². The molecule has 3 rings (SSSR count). The van der Waals surface area contributed by atoms with Gasteiger partial charge in [0, 0.05) is 5.56 Å². The molecule has 1 aliphatic heterocycles. The number of fused-ring (bicyclic) bond motifs is 1. The van der Waals surface area contributed by atoms with Crippen LogP contribution in [0.1, 0.15) is 13.0 Å². The lowest BCUT2D eigenvalue weighted by Crippen LogP contribution is -2.17. The average Bonchev–Trinajstić information content (AvgIpc) is 3.05. The van der Waals surface area contributed by atoms with Crippen LogP contribution in [0, 0.1) is 0 Å². The fourth-order valence-corrected chi connectivity index (χ4v) is 1.90. The molecule has 1 aromatic heterocycles. The number of hydrogen-bond donors (Lipinski definition) is 1. The third kappa shape index (κ3) is 1.88. The van der Waals surface area contributed by atoms with Gasteiger partial charge in [-0.25, -0.2) is 9.48 Å². The van der Waals surface area contributed by atoms with E-state index in [2.05, 4.69) is 10.3 Å². The lowest BCUT2D eigenvalue weighted by molar-refractivity contribution is -0.140. The molecule has 1 aliphatic rings. The molecule has 0 saturated carbocycles. The summed E-state index contributed by atoms with van der Waals surface area (Å²) in [6, 6.07) is 4.59. The Morgan fingerprint density at radius 3 is 3.00 bits per heavy atom. The Bertz CT molecular complexity index is 638. The molecule has 0 saturated heterocycles. The smallest absolute Gasteiger partial charge is 0.328 e. The summed E-state index contributed by atoms with van der Waals surface area (Å²) >= 11 is 0. The summed E-state index contributed by atoms with van der Waals surface area (Å²) in [4.78, 5) is 11.0. The second-order valence-electron chi connectivity index (χ2n) is 4.15. The van der Waals surface area contributed by atoms with E-state index in [4.69, 9.17) is 14.6 Å². The fraction of sp³-hybridized carbons (Fsp3) is 0.250. The molecular formula is C12H11N3O4. The van der Waals surface area contributed by atoms with E-state index < -0.39 is 12.0 Å². The van der Waals surface area contributed by atoms with Crippen LogP contribution in [0.25, 0.3) is 11.3 Å². The predicted molar refractivity (Wildman–Crippen MR) is 63.9 cm³/mol. The minimum absolute atomic E-state index is 0.196.